The number of rotatable bonds is 8. The van der Waals surface area contributed by atoms with Crippen LogP contribution >= 0.6 is 11.3 Å². The lowest BCUT2D eigenvalue weighted by atomic mass is 10.1. The second-order valence-electron chi connectivity index (χ2n) is 6.91. The van der Waals surface area contributed by atoms with E-state index in [4.69, 9.17) is 20.9 Å². The molecule has 0 saturated carbocycles. The molecule has 0 saturated heterocycles. The number of carbonyl (C=O) groups excluding carboxylic acids is 1. The summed E-state index contributed by atoms with van der Waals surface area (Å²) in [5, 5.41) is 4.02. The Balaban J connectivity index is 1.75. The Morgan fingerprint density at radius 1 is 1.17 bits per heavy atom. The summed E-state index contributed by atoms with van der Waals surface area (Å²) in [6, 6.07) is 9.10. The Morgan fingerprint density at radius 2 is 1.93 bits per heavy atom. The third-order valence-corrected chi connectivity index (χ3v) is 6.13. The molecular formula is C21H24N6O2S. The standard InChI is InChI=1S/C21H24N6O2S/c1-3-27(4-2)10-9-24-21-25-18(13-11-17(19(23)28)30-20(13)26-21)16-7-5-12-14(22)6-8-15(12)29-16/h5-8,11H,3-4,9-10,22H2,1-2H3,(H2,23,28)(H,24,25,26). The topological polar surface area (TPSA) is 123 Å². The molecule has 2 aromatic rings. The number of amides is 1. The van der Waals surface area contributed by atoms with Crippen LogP contribution in [0.1, 0.15) is 23.5 Å². The van der Waals surface area contributed by atoms with Gasteiger partial charge in [-0.15, -0.1) is 11.3 Å². The van der Waals surface area contributed by atoms with E-state index >= 15 is 0 Å². The predicted molar refractivity (Wildman–Crippen MR) is 121 cm³/mol. The summed E-state index contributed by atoms with van der Waals surface area (Å²) in [5.74, 6) is 1.25. The van der Waals surface area contributed by atoms with Crippen molar-refractivity contribution in [2.45, 2.75) is 13.8 Å². The summed E-state index contributed by atoms with van der Waals surface area (Å²) in [6.45, 7) is 7.82. The van der Waals surface area contributed by atoms with E-state index in [0.717, 1.165) is 30.6 Å². The molecule has 2 aliphatic rings. The molecule has 3 heterocycles. The van der Waals surface area contributed by atoms with E-state index in [9.17, 15) is 4.79 Å². The highest BCUT2D eigenvalue weighted by Crippen LogP contribution is 2.37. The molecule has 5 N–H and O–H groups in total. The van der Waals surface area contributed by atoms with Gasteiger partial charge >= 0.3 is 0 Å². The fourth-order valence-electron chi connectivity index (χ4n) is 3.37. The highest BCUT2D eigenvalue weighted by Gasteiger charge is 2.19. The Kier molecular flexibility index (Phi) is 5.56. The highest BCUT2D eigenvalue weighted by molar-refractivity contribution is 7.20. The van der Waals surface area contributed by atoms with E-state index in [1.54, 1.807) is 6.07 Å². The molecule has 0 unspecified atom stereocenters. The van der Waals surface area contributed by atoms with Gasteiger partial charge in [-0.3, -0.25) is 4.79 Å². The maximum Gasteiger partial charge on any atom is 0.258 e. The van der Waals surface area contributed by atoms with Crippen LogP contribution in [-0.2, 0) is 0 Å². The highest BCUT2D eigenvalue weighted by atomic mass is 32.1. The number of nitrogens with one attached hydrogen (secondary N) is 1. The largest absolute Gasteiger partial charge is 0.454 e. The van der Waals surface area contributed by atoms with E-state index in [0.29, 0.717) is 45.1 Å². The zero-order valence-corrected chi connectivity index (χ0v) is 17.8. The first-order valence-corrected chi connectivity index (χ1v) is 10.7. The molecule has 4 rings (SSSR count). The predicted octanol–water partition coefficient (Wildman–Crippen LogP) is 3.49. The van der Waals surface area contributed by atoms with E-state index in [-0.39, 0.29) is 0 Å². The van der Waals surface area contributed by atoms with Crippen LogP contribution in [0.2, 0.25) is 0 Å². The molecule has 0 radical (unpaired) electrons. The summed E-state index contributed by atoms with van der Waals surface area (Å²) in [5.41, 5.74) is 13.6. The smallest absolute Gasteiger partial charge is 0.258 e. The van der Waals surface area contributed by atoms with Crippen molar-refractivity contribution in [2.24, 2.45) is 5.73 Å². The summed E-state index contributed by atoms with van der Waals surface area (Å²) < 4.78 is 6.06. The fourth-order valence-corrected chi connectivity index (χ4v) is 4.25. The minimum atomic E-state index is -0.490. The van der Waals surface area contributed by atoms with Gasteiger partial charge in [0.25, 0.3) is 5.91 Å². The number of carbonyl (C=O) groups is 1. The van der Waals surface area contributed by atoms with Gasteiger partial charge in [-0.1, -0.05) is 13.8 Å². The van der Waals surface area contributed by atoms with Gasteiger partial charge < -0.3 is 26.1 Å². The number of primary amides is 1. The number of likely N-dealkylation sites (N-methyl/N-ethyl adjacent to an activating group) is 1. The van der Waals surface area contributed by atoms with Crippen molar-refractivity contribution in [2.75, 3.05) is 37.2 Å². The normalized spacial score (nSPS) is 11.6. The second-order valence-corrected chi connectivity index (χ2v) is 7.94. The van der Waals surface area contributed by atoms with Gasteiger partial charge in [-0.2, -0.15) is 0 Å². The van der Waals surface area contributed by atoms with Crippen molar-refractivity contribution >= 4 is 39.1 Å². The van der Waals surface area contributed by atoms with Crippen molar-refractivity contribution in [3.05, 3.63) is 35.2 Å². The van der Waals surface area contributed by atoms with E-state index in [1.165, 1.54) is 11.3 Å². The van der Waals surface area contributed by atoms with Gasteiger partial charge in [-0.05, 0) is 43.4 Å². The average Bonchev–Trinajstić information content (AvgIpc) is 3.34. The lowest BCUT2D eigenvalue weighted by Gasteiger charge is -2.18. The first kappa shape index (κ1) is 20.1. The van der Waals surface area contributed by atoms with Gasteiger partial charge in [0.15, 0.2) is 5.76 Å². The van der Waals surface area contributed by atoms with Crippen molar-refractivity contribution in [3.8, 4) is 22.8 Å². The van der Waals surface area contributed by atoms with Gasteiger partial charge in [0, 0.05) is 29.7 Å². The Hall–Kier alpha value is -3.17. The van der Waals surface area contributed by atoms with Crippen LogP contribution in [0.25, 0.3) is 33.0 Å². The molecular weight excluding hydrogens is 400 g/mol. The van der Waals surface area contributed by atoms with Crippen LogP contribution < -0.4 is 16.8 Å². The van der Waals surface area contributed by atoms with Crippen LogP contribution in [-0.4, -0.2) is 47.0 Å². The number of nitrogens with zero attached hydrogens (tertiary/aromatic N) is 3. The van der Waals surface area contributed by atoms with Gasteiger partial charge in [0.1, 0.15) is 16.3 Å². The molecule has 1 aliphatic heterocycles. The van der Waals surface area contributed by atoms with E-state index < -0.39 is 5.91 Å². The van der Waals surface area contributed by atoms with Crippen molar-refractivity contribution in [1.29, 1.82) is 0 Å². The first-order valence-electron chi connectivity index (χ1n) is 9.86. The molecule has 1 aliphatic carbocycles. The Bertz CT molecular complexity index is 1160. The summed E-state index contributed by atoms with van der Waals surface area (Å²) >= 11 is 1.25. The maximum atomic E-state index is 11.7. The van der Waals surface area contributed by atoms with Crippen LogP contribution in [0.5, 0.6) is 0 Å². The number of thiophene rings is 1. The Morgan fingerprint density at radius 3 is 2.67 bits per heavy atom. The number of anilines is 2. The summed E-state index contributed by atoms with van der Waals surface area (Å²) in [4.78, 5) is 24.4. The molecule has 0 aromatic carbocycles. The maximum absolute atomic E-state index is 11.7. The lowest BCUT2D eigenvalue weighted by Crippen LogP contribution is -2.29. The SMILES string of the molecule is CCN(CC)CCNc1nc(-c2ccc3c(N)ccc-3o2)c2cc(C(N)=O)sc2n1. The molecule has 156 valence electrons. The van der Waals surface area contributed by atoms with Gasteiger partial charge in [0.05, 0.1) is 4.88 Å². The summed E-state index contributed by atoms with van der Waals surface area (Å²) in [7, 11) is 0. The molecule has 2 aromatic heterocycles. The molecule has 0 spiro atoms. The molecule has 9 heteroatoms. The Labute approximate surface area is 178 Å². The van der Waals surface area contributed by atoms with Crippen LogP contribution in [0.15, 0.2) is 34.7 Å². The minimum absolute atomic E-state index is 0.430. The molecule has 30 heavy (non-hydrogen) atoms. The molecule has 0 fully saturated rings. The number of hydrogen-bond donors (Lipinski definition) is 3. The number of aromatic nitrogens is 2. The van der Waals surface area contributed by atoms with Crippen LogP contribution in [0, 0.1) is 0 Å². The number of fused-ring (bicyclic) bond motifs is 2. The van der Waals surface area contributed by atoms with Crippen molar-refractivity contribution in [1.82, 2.24) is 14.9 Å². The molecule has 1 amide bonds. The molecule has 8 nitrogen and oxygen atoms in total. The minimum Gasteiger partial charge on any atom is -0.454 e. The summed E-state index contributed by atoms with van der Waals surface area (Å²) in [6.07, 6.45) is 0. The molecule has 0 bridgehead atoms. The van der Waals surface area contributed by atoms with E-state index in [2.05, 4.69) is 29.0 Å². The number of nitrogen functional groups attached to an aromatic ring is 1. The monoisotopic (exact) mass is 424 g/mol. The number of nitrogens with two attached hydrogens (primary N) is 2. The lowest BCUT2D eigenvalue weighted by molar-refractivity contribution is 0.100. The zero-order valence-electron chi connectivity index (χ0n) is 16.9. The third kappa shape index (κ3) is 3.81. The second kappa shape index (κ2) is 8.29. The average molecular weight is 425 g/mol. The first-order chi connectivity index (χ1) is 14.5. The zero-order chi connectivity index (χ0) is 21.3. The fraction of sp³-hybridized carbons (Fsp3) is 0.286. The third-order valence-electron chi connectivity index (χ3n) is 5.09. The quantitative estimate of drug-likeness (QED) is 0.395. The van der Waals surface area contributed by atoms with E-state index in [1.807, 2.05) is 24.3 Å². The van der Waals surface area contributed by atoms with Crippen LogP contribution in [0.4, 0.5) is 11.6 Å². The van der Waals surface area contributed by atoms with Crippen molar-refractivity contribution < 1.29 is 9.21 Å². The van der Waals surface area contributed by atoms with Gasteiger partial charge in [-0.25, -0.2) is 9.97 Å². The number of hydrogen-bond acceptors (Lipinski definition) is 8. The molecule has 0 atom stereocenters. The van der Waals surface area contributed by atoms with Crippen molar-refractivity contribution in [3.63, 3.8) is 0 Å². The van der Waals surface area contributed by atoms with Gasteiger partial charge in [0.2, 0.25) is 5.95 Å². The van der Waals surface area contributed by atoms with Crippen LogP contribution in [0.3, 0.4) is 0 Å².